The quantitative estimate of drug-likeness (QED) is 0.682. The number of amides is 1. The van der Waals surface area contributed by atoms with E-state index in [0.29, 0.717) is 36.8 Å². The summed E-state index contributed by atoms with van der Waals surface area (Å²) >= 11 is 0. The van der Waals surface area contributed by atoms with Crippen LogP contribution in [-0.4, -0.2) is 54.7 Å². The summed E-state index contributed by atoms with van der Waals surface area (Å²) in [4.78, 5) is 18.4. The number of aromatic amines is 1. The fourth-order valence-electron chi connectivity index (χ4n) is 4.87. The van der Waals surface area contributed by atoms with Crippen molar-refractivity contribution in [3.05, 3.63) is 64.3 Å². The van der Waals surface area contributed by atoms with Crippen molar-refractivity contribution in [1.82, 2.24) is 14.2 Å². The Morgan fingerprint density at radius 3 is 2.45 bits per heavy atom. The van der Waals surface area contributed by atoms with Crippen LogP contribution in [0.3, 0.4) is 0 Å². The summed E-state index contributed by atoms with van der Waals surface area (Å²) in [6.07, 6.45) is 3.07. The summed E-state index contributed by atoms with van der Waals surface area (Å²) in [7, 11) is -3.54. The largest absolute Gasteiger partial charge is 0.351 e. The molecule has 0 atom stereocenters. The number of sulfonamides is 1. The van der Waals surface area contributed by atoms with E-state index in [9.17, 15) is 13.2 Å². The second kappa shape index (κ2) is 7.50. The number of carbonyl (C=O) groups is 1. The predicted octanol–water partition coefficient (Wildman–Crippen LogP) is 3.42. The minimum atomic E-state index is -3.54. The molecule has 2 heterocycles. The molecule has 0 radical (unpaired) electrons. The first-order valence-electron chi connectivity index (χ1n) is 10.8. The van der Waals surface area contributed by atoms with Gasteiger partial charge in [0, 0.05) is 37.1 Å². The van der Waals surface area contributed by atoms with Gasteiger partial charge >= 0.3 is 0 Å². The van der Waals surface area contributed by atoms with E-state index in [4.69, 9.17) is 0 Å². The highest BCUT2D eigenvalue weighted by Gasteiger charge is 2.31. The molecule has 2 aromatic carbocycles. The van der Waals surface area contributed by atoms with Crippen LogP contribution in [0.4, 0.5) is 0 Å². The van der Waals surface area contributed by atoms with Gasteiger partial charge in [-0.05, 0) is 79.6 Å². The zero-order valence-corrected chi connectivity index (χ0v) is 18.8. The third kappa shape index (κ3) is 3.55. The minimum Gasteiger partial charge on any atom is -0.351 e. The van der Waals surface area contributed by atoms with E-state index in [1.165, 1.54) is 9.87 Å². The summed E-state index contributed by atoms with van der Waals surface area (Å²) in [6.45, 7) is 5.47. The maximum absolute atomic E-state index is 13.1. The monoisotopic (exact) mass is 437 g/mol. The molecule has 0 saturated carbocycles. The molecule has 7 heteroatoms. The number of aryl methyl sites for hydroxylation is 4. The smallest absolute Gasteiger partial charge is 0.270 e. The SMILES string of the molecule is Cc1cc(C)c2cc(C(=O)N3CCN(S(=O)(=O)c4ccc5c(c4)CCC5)CC3)[nH]c2c1. The zero-order chi connectivity index (χ0) is 21.8. The van der Waals surface area contributed by atoms with E-state index >= 15 is 0 Å². The summed E-state index contributed by atoms with van der Waals surface area (Å²) in [5, 5.41) is 1.05. The maximum atomic E-state index is 13.1. The molecule has 0 unspecified atom stereocenters. The maximum Gasteiger partial charge on any atom is 0.270 e. The fraction of sp³-hybridized carbons (Fsp3) is 0.375. The van der Waals surface area contributed by atoms with Crippen LogP contribution >= 0.6 is 0 Å². The summed E-state index contributed by atoms with van der Waals surface area (Å²) in [5.41, 5.74) is 6.21. The molecule has 1 amide bonds. The topological polar surface area (TPSA) is 73.5 Å². The van der Waals surface area contributed by atoms with Crippen LogP contribution in [0.5, 0.6) is 0 Å². The third-order valence-corrected chi connectivity index (χ3v) is 8.45. The molecule has 1 aromatic heterocycles. The zero-order valence-electron chi connectivity index (χ0n) is 17.9. The highest BCUT2D eigenvalue weighted by molar-refractivity contribution is 7.89. The molecular weight excluding hydrogens is 410 g/mol. The van der Waals surface area contributed by atoms with Gasteiger partial charge in [-0.15, -0.1) is 0 Å². The van der Waals surface area contributed by atoms with Crippen LogP contribution in [0.1, 0.15) is 39.2 Å². The molecule has 6 nitrogen and oxygen atoms in total. The van der Waals surface area contributed by atoms with Gasteiger partial charge in [0.1, 0.15) is 5.69 Å². The van der Waals surface area contributed by atoms with Crippen LogP contribution in [0.15, 0.2) is 41.3 Å². The standard InChI is InChI=1S/C24H27N3O3S/c1-16-12-17(2)21-15-23(25-22(21)13-16)24(28)26-8-10-27(11-9-26)31(29,30)20-7-6-18-4-3-5-19(18)14-20/h6-7,12-15,25H,3-5,8-11H2,1-2H3. The Kier molecular flexibility index (Phi) is 4.90. The molecule has 1 aliphatic heterocycles. The van der Waals surface area contributed by atoms with E-state index in [2.05, 4.69) is 11.1 Å². The highest BCUT2D eigenvalue weighted by atomic mass is 32.2. The molecule has 2 aliphatic rings. The normalized spacial score (nSPS) is 17.3. The van der Waals surface area contributed by atoms with Crippen molar-refractivity contribution in [2.75, 3.05) is 26.2 Å². The van der Waals surface area contributed by atoms with Crippen molar-refractivity contribution in [3.63, 3.8) is 0 Å². The van der Waals surface area contributed by atoms with Crippen LogP contribution in [-0.2, 0) is 22.9 Å². The molecule has 1 saturated heterocycles. The predicted molar refractivity (Wildman–Crippen MR) is 121 cm³/mol. The summed E-state index contributed by atoms with van der Waals surface area (Å²) < 4.78 is 27.8. The van der Waals surface area contributed by atoms with Gasteiger partial charge in [0.25, 0.3) is 5.91 Å². The van der Waals surface area contributed by atoms with Gasteiger partial charge in [0.2, 0.25) is 10.0 Å². The summed E-state index contributed by atoms with van der Waals surface area (Å²) in [6, 6.07) is 11.6. The molecule has 162 valence electrons. The lowest BCUT2D eigenvalue weighted by molar-refractivity contribution is 0.0693. The lowest BCUT2D eigenvalue weighted by Crippen LogP contribution is -2.50. The number of rotatable bonds is 3. The number of carbonyl (C=O) groups excluding carboxylic acids is 1. The van der Waals surface area contributed by atoms with Gasteiger partial charge in [-0.2, -0.15) is 4.31 Å². The first-order chi connectivity index (χ1) is 14.8. The van der Waals surface area contributed by atoms with Crippen LogP contribution in [0, 0.1) is 13.8 Å². The van der Waals surface area contributed by atoms with Crippen molar-refractivity contribution < 1.29 is 13.2 Å². The first kappa shape index (κ1) is 20.3. The Morgan fingerprint density at radius 2 is 1.68 bits per heavy atom. The number of hydrogen-bond acceptors (Lipinski definition) is 3. The average Bonchev–Trinajstić information content (AvgIpc) is 3.39. The number of aromatic nitrogens is 1. The Morgan fingerprint density at radius 1 is 0.935 bits per heavy atom. The van der Waals surface area contributed by atoms with E-state index in [1.807, 2.05) is 38.1 Å². The lowest BCUT2D eigenvalue weighted by atomic mass is 10.1. The van der Waals surface area contributed by atoms with Gasteiger partial charge in [-0.25, -0.2) is 8.42 Å². The van der Waals surface area contributed by atoms with Crippen molar-refractivity contribution in [3.8, 4) is 0 Å². The van der Waals surface area contributed by atoms with E-state index < -0.39 is 10.0 Å². The molecule has 1 fully saturated rings. The molecule has 5 rings (SSSR count). The molecule has 0 spiro atoms. The Labute approximate surface area is 182 Å². The van der Waals surface area contributed by atoms with Gasteiger partial charge in [-0.3, -0.25) is 4.79 Å². The van der Waals surface area contributed by atoms with Crippen LogP contribution in [0.2, 0.25) is 0 Å². The third-order valence-electron chi connectivity index (χ3n) is 6.55. The molecular formula is C24H27N3O3S. The highest BCUT2D eigenvalue weighted by Crippen LogP contribution is 2.27. The van der Waals surface area contributed by atoms with E-state index in [1.54, 1.807) is 11.0 Å². The van der Waals surface area contributed by atoms with E-state index in [0.717, 1.165) is 46.9 Å². The van der Waals surface area contributed by atoms with Gasteiger partial charge < -0.3 is 9.88 Å². The molecule has 0 bridgehead atoms. The number of nitrogens with one attached hydrogen (secondary N) is 1. The minimum absolute atomic E-state index is 0.0807. The van der Waals surface area contributed by atoms with Crippen molar-refractivity contribution in [2.45, 2.75) is 38.0 Å². The van der Waals surface area contributed by atoms with Gasteiger partial charge in [-0.1, -0.05) is 12.1 Å². The number of benzene rings is 2. The van der Waals surface area contributed by atoms with E-state index in [-0.39, 0.29) is 5.91 Å². The fourth-order valence-corrected chi connectivity index (χ4v) is 6.35. The number of piperazine rings is 1. The second-order valence-electron chi connectivity index (χ2n) is 8.71. The Balaban J connectivity index is 1.31. The average molecular weight is 438 g/mol. The Bertz CT molecular complexity index is 1280. The molecule has 1 N–H and O–H groups in total. The Hall–Kier alpha value is -2.64. The number of fused-ring (bicyclic) bond motifs is 2. The summed E-state index contributed by atoms with van der Waals surface area (Å²) in [5.74, 6) is -0.0807. The van der Waals surface area contributed by atoms with Crippen LogP contribution in [0.25, 0.3) is 10.9 Å². The molecule has 1 aliphatic carbocycles. The van der Waals surface area contributed by atoms with Gasteiger partial charge in [0.15, 0.2) is 0 Å². The number of H-pyrrole nitrogens is 1. The molecule has 31 heavy (non-hydrogen) atoms. The number of nitrogens with zero attached hydrogens (tertiary/aromatic N) is 2. The lowest BCUT2D eigenvalue weighted by Gasteiger charge is -2.33. The van der Waals surface area contributed by atoms with Crippen molar-refractivity contribution in [1.29, 1.82) is 0 Å². The number of hydrogen-bond donors (Lipinski definition) is 1. The molecule has 3 aromatic rings. The second-order valence-corrected chi connectivity index (χ2v) is 10.6. The van der Waals surface area contributed by atoms with Gasteiger partial charge in [0.05, 0.1) is 4.90 Å². The van der Waals surface area contributed by atoms with Crippen molar-refractivity contribution in [2.24, 2.45) is 0 Å². The van der Waals surface area contributed by atoms with Crippen molar-refractivity contribution >= 4 is 26.8 Å². The first-order valence-corrected chi connectivity index (χ1v) is 12.3. The van der Waals surface area contributed by atoms with Crippen LogP contribution < -0.4 is 0 Å².